The molecule has 1 saturated carbocycles. The maximum atomic E-state index is 13.9. The van der Waals surface area contributed by atoms with Gasteiger partial charge in [-0.2, -0.15) is 0 Å². The van der Waals surface area contributed by atoms with Gasteiger partial charge in [0.15, 0.2) is 0 Å². The van der Waals surface area contributed by atoms with Crippen LogP contribution in [0, 0.1) is 4.91 Å². The Hall–Kier alpha value is -2.76. The second-order valence-electron chi connectivity index (χ2n) is 9.03. The van der Waals surface area contributed by atoms with Crippen molar-refractivity contribution in [3.8, 4) is 0 Å². The predicted octanol–water partition coefficient (Wildman–Crippen LogP) is 5.02. The Morgan fingerprint density at radius 1 is 1.16 bits per heavy atom. The minimum atomic E-state index is -3.05. The van der Waals surface area contributed by atoms with Crippen molar-refractivity contribution in [2.24, 2.45) is 10.3 Å². The number of azide groups is 1. The number of halogens is 2. The van der Waals surface area contributed by atoms with E-state index in [1.165, 1.54) is 6.07 Å². The Labute approximate surface area is 224 Å². The summed E-state index contributed by atoms with van der Waals surface area (Å²) < 4.78 is 15.3. The molecule has 4 rings (SSSR count). The maximum absolute atomic E-state index is 13.9. The first-order chi connectivity index (χ1) is 17.7. The summed E-state index contributed by atoms with van der Waals surface area (Å²) in [5, 5.41) is 6.67. The Kier molecular flexibility index (Phi) is 8.35. The van der Waals surface area contributed by atoms with Crippen molar-refractivity contribution in [1.82, 2.24) is 9.62 Å². The number of nitrogens with zero attached hydrogens (tertiary/aromatic N) is 5. The van der Waals surface area contributed by atoms with Gasteiger partial charge in [0.1, 0.15) is 0 Å². The molecule has 2 aromatic rings. The van der Waals surface area contributed by atoms with Crippen molar-refractivity contribution >= 4 is 51.3 Å². The van der Waals surface area contributed by atoms with Crippen molar-refractivity contribution < 1.29 is 13.8 Å². The van der Waals surface area contributed by atoms with Gasteiger partial charge >= 0.3 is 214 Å². The van der Waals surface area contributed by atoms with Gasteiger partial charge in [-0.05, 0) is 0 Å². The van der Waals surface area contributed by atoms with Crippen molar-refractivity contribution in [3.05, 3.63) is 84.6 Å². The molecule has 10 nitrogen and oxygen atoms in total. The van der Waals surface area contributed by atoms with Gasteiger partial charge in [-0.1, -0.05) is 11.6 Å². The molecule has 1 fully saturated rings. The Morgan fingerprint density at radius 3 is 2.51 bits per heavy atom. The van der Waals surface area contributed by atoms with Gasteiger partial charge in [-0.15, -0.1) is 0 Å². The first-order valence-corrected chi connectivity index (χ1v) is 14.0. The SMILES string of the molecule is [B]=S(=O)(CN=[N+]=[N-])NC1CCC(N2C(=O)c3ccccc3[C@@H](C(=O)N=O)[C@@H]2c2ccc(Cl)cc2Cl)CC1. The monoisotopic (exact) mass is 559 g/mol. The Balaban J connectivity index is 1.72. The van der Waals surface area contributed by atoms with Crippen LogP contribution in [0.15, 0.2) is 52.8 Å². The van der Waals surface area contributed by atoms with Crippen LogP contribution in [-0.2, 0) is 14.3 Å². The standard InChI is InChI=1S/C23H22BCl2N6O4S/c24-37(36,12-28-31-27)30-14-6-8-15(9-7-14)32-21(18-10-5-13(25)11-19(18)26)20(22(33)29-35)16-3-1-2-4-17(16)23(32)34/h1-5,10-11,14-15,20-21H,6-9,12H2,(H,30,36)/t14?,15?,20-,21+,37?/m1/s1. The number of benzene rings is 2. The molecule has 2 aromatic carbocycles. The van der Waals surface area contributed by atoms with Gasteiger partial charge in [-0.25, -0.2) is 0 Å². The average molecular weight is 560 g/mol. The predicted molar refractivity (Wildman–Crippen MR) is 142 cm³/mol. The molecular formula is C23H22BCl2N6O4S. The number of carbonyl (C=O) groups excluding carboxylic acids is 2. The number of nitrogens with one attached hydrogen (secondary N) is 1. The van der Waals surface area contributed by atoms with E-state index in [1.54, 1.807) is 41.3 Å². The molecule has 2 aliphatic rings. The quantitative estimate of drug-likeness (QED) is 0.167. The van der Waals surface area contributed by atoms with Crippen LogP contribution in [0.2, 0.25) is 10.0 Å². The van der Waals surface area contributed by atoms with Gasteiger partial charge < -0.3 is 0 Å². The summed E-state index contributed by atoms with van der Waals surface area (Å²) in [5.41, 5.74) is 9.71. The van der Waals surface area contributed by atoms with E-state index in [2.05, 4.69) is 19.9 Å². The third kappa shape index (κ3) is 5.73. The second-order valence-corrected chi connectivity index (χ2v) is 11.8. The van der Waals surface area contributed by atoms with E-state index < -0.39 is 27.4 Å². The van der Waals surface area contributed by atoms with Crippen LogP contribution < -0.4 is 4.72 Å². The van der Waals surface area contributed by atoms with Crippen LogP contribution in [0.4, 0.5) is 0 Å². The average Bonchev–Trinajstić information content (AvgIpc) is 2.88. The van der Waals surface area contributed by atoms with Gasteiger partial charge in [0.2, 0.25) is 0 Å². The van der Waals surface area contributed by atoms with Crippen molar-refractivity contribution in [3.63, 3.8) is 0 Å². The van der Waals surface area contributed by atoms with Crippen LogP contribution in [0.25, 0.3) is 10.4 Å². The van der Waals surface area contributed by atoms with E-state index in [9.17, 15) is 18.7 Å². The third-order valence-electron chi connectivity index (χ3n) is 6.78. The molecule has 14 heteroatoms. The minimum absolute atomic E-state index is 0.221. The Bertz CT molecular complexity index is 1390. The molecular weight excluding hydrogens is 538 g/mol. The number of rotatable bonds is 7. The first kappa shape index (κ1) is 27.3. The molecule has 1 heterocycles. The summed E-state index contributed by atoms with van der Waals surface area (Å²) >= 11 is 12.7. The van der Waals surface area contributed by atoms with Crippen molar-refractivity contribution in [1.29, 1.82) is 0 Å². The zero-order valence-corrected chi connectivity index (χ0v) is 21.8. The van der Waals surface area contributed by atoms with Crippen LogP contribution >= 0.6 is 23.2 Å². The molecule has 0 spiro atoms. The van der Waals surface area contributed by atoms with E-state index in [4.69, 9.17) is 35.5 Å². The molecule has 0 saturated heterocycles. The molecule has 0 aromatic heterocycles. The van der Waals surface area contributed by atoms with Gasteiger partial charge in [0.05, 0.1) is 0 Å². The molecule has 3 atom stereocenters. The number of amides is 2. The van der Waals surface area contributed by atoms with Crippen LogP contribution in [0.3, 0.4) is 0 Å². The first-order valence-electron chi connectivity index (χ1n) is 11.5. The summed E-state index contributed by atoms with van der Waals surface area (Å²) in [4.78, 5) is 42.6. The van der Waals surface area contributed by atoms with E-state index >= 15 is 0 Å². The van der Waals surface area contributed by atoms with E-state index in [1.807, 2.05) is 0 Å². The van der Waals surface area contributed by atoms with Gasteiger partial charge in [0.25, 0.3) is 0 Å². The number of hydrogen-bond acceptors (Lipinski definition) is 5. The molecule has 1 aliphatic carbocycles. The van der Waals surface area contributed by atoms with Crippen LogP contribution in [0.1, 0.15) is 59.1 Å². The fourth-order valence-electron chi connectivity index (χ4n) is 5.25. The number of hydrogen-bond donors (Lipinski definition) is 1. The number of carbonyl (C=O) groups is 2. The zero-order valence-electron chi connectivity index (χ0n) is 19.5. The van der Waals surface area contributed by atoms with Crippen molar-refractivity contribution in [2.45, 2.75) is 49.7 Å². The number of fused-ring (bicyclic) bond motifs is 1. The van der Waals surface area contributed by atoms with E-state index in [-0.39, 0.29) is 28.9 Å². The number of nitroso groups, excluding NO2 is 1. The summed E-state index contributed by atoms with van der Waals surface area (Å²) in [5.74, 6) is -2.61. The van der Waals surface area contributed by atoms with Gasteiger partial charge in [0, 0.05) is 0 Å². The molecule has 1 N–H and O–H groups in total. The Morgan fingerprint density at radius 2 is 1.86 bits per heavy atom. The summed E-state index contributed by atoms with van der Waals surface area (Å²) in [6.45, 7) is 5.76. The van der Waals surface area contributed by atoms with Crippen molar-refractivity contribution in [2.75, 3.05) is 5.88 Å². The molecule has 0 bridgehead atoms. The molecule has 191 valence electrons. The normalized spacial score (nSPS) is 24.9. The van der Waals surface area contributed by atoms with Crippen LogP contribution in [-0.4, -0.2) is 45.6 Å². The molecule has 1 radical (unpaired) electrons. The zero-order chi connectivity index (χ0) is 26.7. The summed E-state index contributed by atoms with van der Waals surface area (Å²) in [7, 11) is -3.05. The fraction of sp³-hybridized carbons (Fsp3) is 0.391. The molecule has 37 heavy (non-hydrogen) atoms. The third-order valence-corrected chi connectivity index (χ3v) is 8.58. The van der Waals surface area contributed by atoms with Crippen LogP contribution in [0.5, 0.6) is 0 Å². The molecule has 2 amide bonds. The molecule has 1 unspecified atom stereocenters. The summed E-state index contributed by atoms with van der Waals surface area (Å²) in [6, 6.07) is 10.1. The molecule has 1 aliphatic heterocycles. The fourth-order valence-corrected chi connectivity index (χ4v) is 6.87. The van der Waals surface area contributed by atoms with E-state index in [0.29, 0.717) is 47.4 Å². The van der Waals surface area contributed by atoms with Gasteiger partial charge in [-0.3, -0.25) is 0 Å². The topological polar surface area (TPSA) is 145 Å². The summed E-state index contributed by atoms with van der Waals surface area (Å²) in [6.07, 6.45) is 2.04. The second kappa shape index (κ2) is 11.3. The van der Waals surface area contributed by atoms with E-state index in [0.717, 1.165) is 0 Å².